The topological polar surface area (TPSA) is 65.3 Å². The molecule has 0 saturated carbocycles. The first-order valence-electron chi connectivity index (χ1n) is 8.33. The second-order valence-corrected chi connectivity index (χ2v) is 6.56. The van der Waals surface area contributed by atoms with Gasteiger partial charge < -0.3 is 0 Å². The second-order valence-electron chi connectivity index (χ2n) is 6.56. The molecule has 26 heavy (non-hydrogen) atoms. The van der Waals surface area contributed by atoms with Crippen LogP contribution >= 0.6 is 0 Å². The van der Waals surface area contributed by atoms with Crippen LogP contribution in [0.5, 0.6) is 0 Å². The van der Waals surface area contributed by atoms with E-state index >= 15 is 0 Å². The summed E-state index contributed by atoms with van der Waals surface area (Å²) in [5, 5.41) is 9.30. The predicted molar refractivity (Wildman–Crippen MR) is 92.8 cm³/mol. The molecule has 0 unspecified atom stereocenters. The fourth-order valence-corrected chi connectivity index (χ4v) is 3.27. The average molecular weight is 352 g/mol. The molecule has 2 aliphatic heterocycles. The third-order valence-corrected chi connectivity index (χ3v) is 4.90. The van der Waals surface area contributed by atoms with Crippen LogP contribution in [0.1, 0.15) is 16.7 Å². The Morgan fingerprint density at radius 3 is 2.54 bits per heavy atom. The van der Waals surface area contributed by atoms with Gasteiger partial charge in [-0.25, -0.2) is 9.29 Å². The number of halogens is 1. The van der Waals surface area contributed by atoms with Crippen molar-refractivity contribution in [3.05, 3.63) is 65.0 Å². The number of fused-ring (bicyclic) bond motifs is 1. The van der Waals surface area contributed by atoms with E-state index < -0.39 is 18.0 Å². The highest BCUT2D eigenvalue weighted by atomic mass is 19.1. The smallest absolute Gasteiger partial charge is 0.263 e. The molecule has 7 heteroatoms. The Hall–Kier alpha value is -3.09. The maximum absolute atomic E-state index is 13.9. The van der Waals surface area contributed by atoms with E-state index in [1.807, 2.05) is 26.0 Å². The number of nitrogens with zero attached hydrogens (tertiary/aromatic N) is 4. The SMILES string of the molecule is Cc1ccc(N2C(=O)[C@@H]3N=NN(Cc4ccccc4F)[C@H]3C2=O)cc1C. The lowest BCUT2D eigenvalue weighted by molar-refractivity contribution is -0.123. The quantitative estimate of drug-likeness (QED) is 0.798. The first-order chi connectivity index (χ1) is 12.5. The van der Waals surface area contributed by atoms with Gasteiger partial charge in [0.25, 0.3) is 11.8 Å². The highest BCUT2D eigenvalue weighted by molar-refractivity contribution is 6.25. The van der Waals surface area contributed by atoms with Crippen molar-refractivity contribution in [3.8, 4) is 0 Å². The molecule has 0 aromatic heterocycles. The number of imide groups is 1. The fourth-order valence-electron chi connectivity index (χ4n) is 3.27. The number of hydrogen-bond donors (Lipinski definition) is 0. The summed E-state index contributed by atoms with van der Waals surface area (Å²) in [6.45, 7) is 3.97. The van der Waals surface area contributed by atoms with Gasteiger partial charge in [0.2, 0.25) is 0 Å². The number of amides is 2. The van der Waals surface area contributed by atoms with Crippen LogP contribution in [0.25, 0.3) is 0 Å². The molecule has 132 valence electrons. The molecule has 1 saturated heterocycles. The third kappa shape index (κ3) is 2.47. The van der Waals surface area contributed by atoms with Gasteiger partial charge in [-0.1, -0.05) is 29.5 Å². The predicted octanol–water partition coefficient (Wildman–Crippen LogP) is 2.94. The number of carbonyl (C=O) groups is 2. The largest absolute Gasteiger partial charge is 0.271 e. The van der Waals surface area contributed by atoms with Crippen molar-refractivity contribution in [2.45, 2.75) is 32.5 Å². The first kappa shape index (κ1) is 16.4. The Morgan fingerprint density at radius 1 is 1.04 bits per heavy atom. The van der Waals surface area contributed by atoms with Crippen molar-refractivity contribution < 1.29 is 14.0 Å². The van der Waals surface area contributed by atoms with Crippen LogP contribution in [0.3, 0.4) is 0 Å². The molecule has 4 rings (SSSR count). The molecule has 6 nitrogen and oxygen atoms in total. The van der Waals surface area contributed by atoms with Gasteiger partial charge in [-0.3, -0.25) is 14.6 Å². The van der Waals surface area contributed by atoms with Gasteiger partial charge in [0.1, 0.15) is 5.82 Å². The second kappa shape index (κ2) is 6.01. The van der Waals surface area contributed by atoms with Crippen molar-refractivity contribution in [3.63, 3.8) is 0 Å². The molecule has 2 aliphatic rings. The minimum absolute atomic E-state index is 0.0805. The standard InChI is InChI=1S/C19H17FN4O2/c1-11-7-8-14(9-12(11)2)24-18(25)16-17(19(24)26)23(22-21-16)10-13-5-3-4-6-15(13)20/h3-9,16-17H,10H2,1-2H3/t16-,17-/m1/s1. The molecular formula is C19H17FN4O2. The number of carbonyl (C=O) groups excluding carboxylic acids is 2. The van der Waals surface area contributed by atoms with Crippen LogP contribution in [0.4, 0.5) is 10.1 Å². The molecule has 0 spiro atoms. The summed E-state index contributed by atoms with van der Waals surface area (Å²) < 4.78 is 13.9. The number of benzene rings is 2. The zero-order chi connectivity index (χ0) is 18.4. The molecule has 0 N–H and O–H groups in total. The third-order valence-electron chi connectivity index (χ3n) is 4.90. The normalized spacial score (nSPS) is 21.7. The lowest BCUT2D eigenvalue weighted by Gasteiger charge is -2.21. The maximum Gasteiger partial charge on any atom is 0.263 e. The first-order valence-corrected chi connectivity index (χ1v) is 8.33. The molecule has 2 atom stereocenters. The van der Waals surface area contributed by atoms with Crippen molar-refractivity contribution in [2.75, 3.05) is 4.90 Å². The van der Waals surface area contributed by atoms with E-state index in [1.54, 1.807) is 24.3 Å². The summed E-state index contributed by atoms with van der Waals surface area (Å²) >= 11 is 0. The summed E-state index contributed by atoms with van der Waals surface area (Å²) in [5.41, 5.74) is 2.99. The maximum atomic E-state index is 13.9. The van der Waals surface area contributed by atoms with E-state index in [0.717, 1.165) is 16.0 Å². The lowest BCUT2D eigenvalue weighted by atomic mass is 10.1. The number of aryl methyl sites for hydroxylation is 2. The molecule has 0 aliphatic carbocycles. The van der Waals surface area contributed by atoms with Crippen molar-refractivity contribution in [1.82, 2.24) is 5.01 Å². The summed E-state index contributed by atoms with van der Waals surface area (Å²) in [7, 11) is 0. The number of hydrogen-bond acceptors (Lipinski definition) is 5. The van der Waals surface area contributed by atoms with Gasteiger partial charge in [-0.15, -0.1) is 0 Å². The van der Waals surface area contributed by atoms with Crippen LogP contribution in [0.2, 0.25) is 0 Å². The van der Waals surface area contributed by atoms with E-state index in [0.29, 0.717) is 11.3 Å². The highest BCUT2D eigenvalue weighted by Crippen LogP contribution is 2.33. The summed E-state index contributed by atoms with van der Waals surface area (Å²) in [4.78, 5) is 26.8. The van der Waals surface area contributed by atoms with Gasteiger partial charge in [0.05, 0.1) is 12.2 Å². The van der Waals surface area contributed by atoms with Gasteiger partial charge in [-0.05, 0) is 43.2 Å². The van der Waals surface area contributed by atoms with Crippen molar-refractivity contribution >= 4 is 17.5 Å². The van der Waals surface area contributed by atoms with E-state index in [4.69, 9.17) is 0 Å². The summed E-state index contributed by atoms with van der Waals surface area (Å²) in [5.74, 6) is -1.17. The van der Waals surface area contributed by atoms with Gasteiger partial charge in [0, 0.05) is 5.56 Å². The molecule has 0 radical (unpaired) electrons. The summed E-state index contributed by atoms with van der Waals surface area (Å²) in [6, 6.07) is 10.0. The average Bonchev–Trinajstić information content (AvgIpc) is 3.13. The van der Waals surface area contributed by atoms with Crippen LogP contribution < -0.4 is 4.90 Å². The Kier molecular flexibility index (Phi) is 3.79. The Bertz CT molecular complexity index is 943. The molecular weight excluding hydrogens is 335 g/mol. The zero-order valence-corrected chi connectivity index (χ0v) is 14.4. The zero-order valence-electron chi connectivity index (χ0n) is 14.4. The van der Waals surface area contributed by atoms with Gasteiger partial charge in [-0.2, -0.15) is 5.11 Å². The number of rotatable bonds is 3. The Balaban J connectivity index is 1.63. The molecule has 2 aromatic rings. The molecule has 2 heterocycles. The Labute approximate surface area is 149 Å². The molecule has 2 amide bonds. The van der Waals surface area contributed by atoms with Crippen molar-refractivity contribution in [1.29, 1.82) is 0 Å². The van der Waals surface area contributed by atoms with Gasteiger partial charge in [0.15, 0.2) is 12.1 Å². The van der Waals surface area contributed by atoms with Gasteiger partial charge >= 0.3 is 0 Å². The monoisotopic (exact) mass is 352 g/mol. The van der Waals surface area contributed by atoms with E-state index in [1.165, 1.54) is 11.1 Å². The van der Waals surface area contributed by atoms with E-state index in [9.17, 15) is 14.0 Å². The molecule has 0 bridgehead atoms. The van der Waals surface area contributed by atoms with E-state index in [2.05, 4.69) is 10.3 Å². The lowest BCUT2D eigenvalue weighted by Crippen LogP contribution is -2.39. The number of anilines is 1. The molecule has 1 fully saturated rings. The van der Waals surface area contributed by atoms with Crippen LogP contribution in [0.15, 0.2) is 52.8 Å². The minimum atomic E-state index is -0.879. The van der Waals surface area contributed by atoms with E-state index in [-0.39, 0.29) is 18.3 Å². The summed E-state index contributed by atoms with van der Waals surface area (Å²) in [6.07, 6.45) is 0. The highest BCUT2D eigenvalue weighted by Gasteiger charge is 2.54. The van der Waals surface area contributed by atoms with Crippen LogP contribution in [-0.2, 0) is 16.1 Å². The molecule has 2 aromatic carbocycles. The Morgan fingerprint density at radius 2 is 1.81 bits per heavy atom. The van der Waals surface area contributed by atoms with Crippen LogP contribution in [0, 0.1) is 19.7 Å². The fraction of sp³-hybridized carbons (Fsp3) is 0.263. The van der Waals surface area contributed by atoms with Crippen molar-refractivity contribution in [2.24, 2.45) is 10.3 Å². The minimum Gasteiger partial charge on any atom is -0.271 e. The van der Waals surface area contributed by atoms with Crippen LogP contribution in [-0.4, -0.2) is 28.9 Å².